The van der Waals surface area contributed by atoms with Gasteiger partial charge in [0.25, 0.3) is 0 Å². The number of rotatable bonds is 10. The van der Waals surface area contributed by atoms with Gasteiger partial charge < -0.3 is 0 Å². The van der Waals surface area contributed by atoms with Crippen molar-refractivity contribution in [3.8, 4) is 0 Å². The van der Waals surface area contributed by atoms with Gasteiger partial charge in [-0.1, -0.05) is 24.3 Å². The fraction of sp³-hybridized carbons (Fsp3) is 0.619. The first-order chi connectivity index (χ1) is 11.5. The molecule has 2 rings (SSSR count). The van der Waals surface area contributed by atoms with Gasteiger partial charge in [-0.3, -0.25) is 0 Å². The summed E-state index contributed by atoms with van der Waals surface area (Å²) in [4.78, 5) is 0. The molecule has 1 saturated heterocycles. The van der Waals surface area contributed by atoms with Gasteiger partial charge in [-0.05, 0) is 68.6 Å². The number of unbranched alkanes of at least 4 members (excludes halogenated alkanes) is 2. The van der Waals surface area contributed by atoms with E-state index in [4.69, 9.17) is 0 Å². The van der Waals surface area contributed by atoms with Crippen LogP contribution in [0.4, 0.5) is 0 Å². The lowest BCUT2D eigenvalue weighted by Gasteiger charge is -2.22. The molecule has 0 radical (unpaired) electrons. The lowest BCUT2D eigenvalue weighted by molar-refractivity contribution is 0.315. The van der Waals surface area contributed by atoms with E-state index in [1.807, 2.05) is 24.3 Å². The van der Waals surface area contributed by atoms with Gasteiger partial charge in [-0.15, -0.1) is 26.3 Å². The average Bonchev–Trinajstić information content (AvgIpc) is 3.02. The van der Waals surface area contributed by atoms with E-state index < -0.39 is 9.84 Å². The second-order valence-electron chi connectivity index (χ2n) is 7.29. The van der Waals surface area contributed by atoms with Crippen LogP contribution in [0.15, 0.2) is 50.6 Å². The molecule has 1 heterocycles. The molecular weight excluding hydrogens is 316 g/mol. The molecule has 0 aromatic heterocycles. The molecule has 1 aliphatic carbocycles. The molecule has 0 bridgehead atoms. The minimum Gasteiger partial charge on any atom is -0.228 e. The topological polar surface area (TPSA) is 34.1 Å². The van der Waals surface area contributed by atoms with Crippen molar-refractivity contribution in [2.24, 2.45) is 23.7 Å². The van der Waals surface area contributed by atoms with Gasteiger partial charge in [0, 0.05) is 0 Å². The van der Waals surface area contributed by atoms with E-state index >= 15 is 0 Å². The molecule has 3 heteroatoms. The summed E-state index contributed by atoms with van der Waals surface area (Å²) in [5.74, 6) is 1.03. The minimum atomic E-state index is -3.10. The van der Waals surface area contributed by atoms with Crippen molar-refractivity contribution in [3.63, 3.8) is 0 Å². The second kappa shape index (κ2) is 8.33. The van der Waals surface area contributed by atoms with Crippen molar-refractivity contribution < 1.29 is 8.42 Å². The van der Waals surface area contributed by atoms with Crippen molar-refractivity contribution >= 4 is 9.84 Å². The molecule has 0 unspecified atom stereocenters. The monoisotopic (exact) mass is 348 g/mol. The van der Waals surface area contributed by atoms with E-state index in [9.17, 15) is 8.42 Å². The maximum absolute atomic E-state index is 13.3. The Morgan fingerprint density at radius 2 is 1.21 bits per heavy atom. The molecule has 0 N–H and O–H groups in total. The molecule has 6 atom stereocenters. The summed E-state index contributed by atoms with van der Waals surface area (Å²) < 4.78 is 26.6. The SMILES string of the molecule is C=CCCC[C@@H]1[C@@H]2[C@@H]([C@H](C=C)C[C@@H]2C=C)[C@H](CCCC=C)S1(=O)=O. The van der Waals surface area contributed by atoms with Crippen LogP contribution in [0, 0.1) is 23.7 Å². The van der Waals surface area contributed by atoms with Crippen molar-refractivity contribution in [1.82, 2.24) is 0 Å². The summed E-state index contributed by atoms with van der Waals surface area (Å²) in [7, 11) is -3.10. The molecule has 2 fully saturated rings. The summed E-state index contributed by atoms with van der Waals surface area (Å²) in [5, 5.41) is -0.437. The molecule has 24 heavy (non-hydrogen) atoms. The largest absolute Gasteiger partial charge is 0.228 e. The fourth-order valence-corrected chi connectivity index (χ4v) is 8.14. The van der Waals surface area contributed by atoms with Gasteiger partial charge in [0.2, 0.25) is 0 Å². The van der Waals surface area contributed by atoms with Crippen molar-refractivity contribution in [3.05, 3.63) is 50.6 Å². The summed E-state index contributed by atoms with van der Waals surface area (Å²) in [6.45, 7) is 15.5. The van der Waals surface area contributed by atoms with Gasteiger partial charge in [0.1, 0.15) is 0 Å². The standard InChI is InChI=1S/C21H32O2S/c1-5-9-11-13-18-20-16(7-3)15-17(8-4)21(20)19(24(18,22)23)14-12-10-6-2/h5-8,16-21H,1-4,9-15H2/t16-,17+,18+,19-,20+,21-. The Hall–Kier alpha value is -1.09. The van der Waals surface area contributed by atoms with E-state index in [-0.39, 0.29) is 22.3 Å². The molecule has 0 aromatic carbocycles. The van der Waals surface area contributed by atoms with E-state index in [1.165, 1.54) is 0 Å². The lowest BCUT2D eigenvalue weighted by Crippen LogP contribution is -2.29. The van der Waals surface area contributed by atoms with Crippen LogP contribution in [0.3, 0.4) is 0 Å². The smallest absolute Gasteiger partial charge is 0.156 e. The Morgan fingerprint density at radius 3 is 1.54 bits per heavy atom. The third kappa shape index (κ3) is 3.46. The van der Waals surface area contributed by atoms with Crippen molar-refractivity contribution in [1.29, 1.82) is 0 Å². The van der Waals surface area contributed by atoms with E-state index in [2.05, 4.69) is 26.3 Å². The van der Waals surface area contributed by atoms with Crippen LogP contribution in [-0.2, 0) is 9.84 Å². The summed E-state index contributed by atoms with van der Waals surface area (Å²) in [6.07, 6.45) is 13.8. The first-order valence-electron chi connectivity index (χ1n) is 9.22. The maximum Gasteiger partial charge on any atom is 0.156 e. The summed E-state index contributed by atoms with van der Waals surface area (Å²) in [5.41, 5.74) is 0. The second-order valence-corrected chi connectivity index (χ2v) is 9.68. The maximum atomic E-state index is 13.3. The number of fused-ring (bicyclic) bond motifs is 1. The highest BCUT2D eigenvalue weighted by Gasteiger charge is 2.60. The van der Waals surface area contributed by atoms with E-state index in [0.29, 0.717) is 11.8 Å². The summed E-state index contributed by atoms with van der Waals surface area (Å²) >= 11 is 0. The lowest BCUT2D eigenvalue weighted by atomic mass is 9.80. The minimum absolute atomic E-state index is 0.217. The molecule has 2 nitrogen and oxygen atoms in total. The van der Waals surface area contributed by atoms with Crippen LogP contribution in [0.1, 0.15) is 44.9 Å². The Morgan fingerprint density at radius 1 is 0.792 bits per heavy atom. The normalized spacial score (nSPS) is 36.8. The van der Waals surface area contributed by atoms with Gasteiger partial charge in [0.15, 0.2) is 9.84 Å². The van der Waals surface area contributed by atoms with Crippen molar-refractivity contribution in [2.75, 3.05) is 0 Å². The molecule has 2 aliphatic rings. The molecule has 1 aliphatic heterocycles. The predicted molar refractivity (Wildman–Crippen MR) is 104 cm³/mol. The molecule has 0 spiro atoms. The Bertz CT molecular complexity index is 531. The third-order valence-corrected chi connectivity index (χ3v) is 8.87. The number of sulfone groups is 1. The highest BCUT2D eigenvalue weighted by molar-refractivity contribution is 7.93. The zero-order chi connectivity index (χ0) is 17.7. The summed E-state index contributed by atoms with van der Waals surface area (Å²) in [6, 6.07) is 0. The molecular formula is C21H32O2S. The van der Waals surface area contributed by atoms with Crippen LogP contribution >= 0.6 is 0 Å². The Labute approximate surface area is 148 Å². The number of hydrogen-bond donors (Lipinski definition) is 0. The molecule has 1 saturated carbocycles. The van der Waals surface area contributed by atoms with E-state index in [0.717, 1.165) is 44.9 Å². The zero-order valence-electron chi connectivity index (χ0n) is 14.8. The highest BCUT2D eigenvalue weighted by Crippen LogP contribution is 2.56. The van der Waals surface area contributed by atoms with Gasteiger partial charge in [0.05, 0.1) is 10.5 Å². The van der Waals surface area contributed by atoms with Gasteiger partial charge in [-0.25, -0.2) is 8.42 Å². The van der Waals surface area contributed by atoms with Gasteiger partial charge in [-0.2, -0.15) is 0 Å². The van der Waals surface area contributed by atoms with Gasteiger partial charge >= 0.3 is 0 Å². The van der Waals surface area contributed by atoms with Crippen LogP contribution in [0.5, 0.6) is 0 Å². The molecule has 0 aromatic rings. The highest BCUT2D eigenvalue weighted by atomic mass is 32.2. The van der Waals surface area contributed by atoms with Crippen LogP contribution in [-0.4, -0.2) is 18.9 Å². The van der Waals surface area contributed by atoms with E-state index in [1.54, 1.807) is 0 Å². The van der Waals surface area contributed by atoms with Crippen molar-refractivity contribution in [2.45, 2.75) is 55.4 Å². The number of hydrogen-bond acceptors (Lipinski definition) is 2. The van der Waals surface area contributed by atoms with Crippen LogP contribution < -0.4 is 0 Å². The molecule has 0 amide bonds. The first kappa shape index (κ1) is 19.2. The third-order valence-electron chi connectivity index (χ3n) is 6.08. The number of allylic oxidation sites excluding steroid dienone is 4. The van der Waals surface area contributed by atoms with Crippen LogP contribution in [0.25, 0.3) is 0 Å². The fourth-order valence-electron chi connectivity index (χ4n) is 5.06. The van der Waals surface area contributed by atoms with Crippen LogP contribution in [0.2, 0.25) is 0 Å². The Kier molecular flexibility index (Phi) is 6.68. The predicted octanol–water partition coefficient (Wildman–Crippen LogP) is 5.11. The first-order valence-corrected chi connectivity index (χ1v) is 10.8. The molecule has 134 valence electrons. The zero-order valence-corrected chi connectivity index (χ0v) is 15.6. The Balaban J connectivity index is 2.32. The average molecular weight is 349 g/mol. The quantitative estimate of drug-likeness (QED) is 0.406.